The van der Waals surface area contributed by atoms with E-state index in [2.05, 4.69) is 11.9 Å². The van der Waals surface area contributed by atoms with E-state index in [-0.39, 0.29) is 19.0 Å². The highest BCUT2D eigenvalue weighted by Crippen LogP contribution is 2.30. The molecule has 1 heterocycles. The van der Waals surface area contributed by atoms with Crippen LogP contribution >= 0.6 is 11.6 Å². The molecule has 1 aromatic heterocycles. The molecule has 0 aliphatic rings. The quantitative estimate of drug-likeness (QED) is 0.599. The van der Waals surface area contributed by atoms with Gasteiger partial charge in [0, 0.05) is 10.9 Å². The maximum Gasteiger partial charge on any atom is 0.328 e. The number of rotatable bonds is 7. The van der Waals surface area contributed by atoms with Crippen molar-refractivity contribution in [2.24, 2.45) is 0 Å². The maximum absolute atomic E-state index is 12.3. The second-order valence-corrected chi connectivity index (χ2v) is 5.27. The Bertz CT molecular complexity index is 752. The Morgan fingerprint density at radius 1 is 1.52 bits per heavy atom. The molecule has 0 aliphatic carbocycles. The van der Waals surface area contributed by atoms with E-state index < -0.39 is 17.9 Å². The summed E-state index contributed by atoms with van der Waals surface area (Å²) in [4.78, 5) is 23.5. The van der Waals surface area contributed by atoms with Crippen LogP contribution in [0.25, 0.3) is 11.0 Å². The number of aliphatic carboxylic acids is 1. The lowest BCUT2D eigenvalue weighted by Gasteiger charge is -2.13. The monoisotopic (exact) mass is 337 g/mol. The Hall–Kier alpha value is -2.31. The van der Waals surface area contributed by atoms with Gasteiger partial charge < -0.3 is 19.6 Å². The third-order valence-electron chi connectivity index (χ3n) is 3.25. The van der Waals surface area contributed by atoms with Crippen LogP contribution in [-0.4, -0.2) is 36.2 Å². The number of carboxylic acid groups (broad SMARTS) is 1. The van der Waals surface area contributed by atoms with Crippen LogP contribution in [0.5, 0.6) is 0 Å². The average molecular weight is 338 g/mol. The number of furan rings is 1. The number of halogens is 1. The Morgan fingerprint density at radius 3 is 2.87 bits per heavy atom. The number of nitrogens with one attached hydrogen (secondary N) is 1. The molecule has 0 bridgehead atoms. The molecule has 0 saturated carbocycles. The van der Waals surface area contributed by atoms with Crippen LogP contribution in [0.15, 0.2) is 35.3 Å². The zero-order valence-corrected chi connectivity index (χ0v) is 13.2. The summed E-state index contributed by atoms with van der Waals surface area (Å²) < 4.78 is 10.6. The van der Waals surface area contributed by atoms with E-state index in [1.165, 1.54) is 6.08 Å². The molecular formula is C16H16ClNO5. The summed E-state index contributed by atoms with van der Waals surface area (Å²) in [5, 5.41) is 12.6. The summed E-state index contributed by atoms with van der Waals surface area (Å²) in [6.07, 6.45) is 1.49. The Kier molecular flexibility index (Phi) is 5.41. The average Bonchev–Trinajstić information content (AvgIpc) is 2.85. The number of carboxylic acids is 1. The third-order valence-corrected chi connectivity index (χ3v) is 3.54. The number of hydrogen-bond donors (Lipinski definition) is 2. The number of aryl methyl sites for hydroxylation is 1. The van der Waals surface area contributed by atoms with Gasteiger partial charge >= 0.3 is 5.97 Å². The molecule has 0 aliphatic heterocycles. The number of para-hydroxylation sites is 1. The second-order valence-electron chi connectivity index (χ2n) is 4.86. The van der Waals surface area contributed by atoms with Gasteiger partial charge in [0.05, 0.1) is 18.2 Å². The van der Waals surface area contributed by atoms with E-state index >= 15 is 0 Å². The number of fused-ring (bicyclic) bond motifs is 1. The fourth-order valence-electron chi connectivity index (χ4n) is 2.09. The highest BCUT2D eigenvalue weighted by molar-refractivity contribution is 6.35. The molecule has 0 saturated heterocycles. The fraction of sp³-hybridized carbons (Fsp3) is 0.250. The van der Waals surface area contributed by atoms with E-state index in [0.717, 1.165) is 0 Å². The molecule has 1 aromatic carbocycles. The highest BCUT2D eigenvalue weighted by atomic mass is 35.5. The first-order valence-electron chi connectivity index (χ1n) is 6.85. The molecule has 0 spiro atoms. The van der Waals surface area contributed by atoms with Crippen molar-refractivity contribution in [2.45, 2.75) is 13.0 Å². The summed E-state index contributed by atoms with van der Waals surface area (Å²) in [5.41, 5.74) is 0.989. The largest absolute Gasteiger partial charge is 0.480 e. The van der Waals surface area contributed by atoms with Crippen LogP contribution in [-0.2, 0) is 9.53 Å². The van der Waals surface area contributed by atoms with Crippen molar-refractivity contribution >= 4 is 34.4 Å². The molecule has 23 heavy (non-hydrogen) atoms. The number of carbonyl (C=O) groups is 2. The molecule has 2 rings (SSSR count). The van der Waals surface area contributed by atoms with Gasteiger partial charge in [0.15, 0.2) is 17.4 Å². The lowest BCUT2D eigenvalue weighted by molar-refractivity contribution is -0.140. The minimum atomic E-state index is -1.20. The maximum atomic E-state index is 12.3. The zero-order valence-electron chi connectivity index (χ0n) is 12.5. The van der Waals surface area contributed by atoms with Gasteiger partial charge in [-0.15, -0.1) is 6.58 Å². The lowest BCUT2D eigenvalue weighted by atomic mass is 10.1. The molecule has 1 unspecified atom stereocenters. The third kappa shape index (κ3) is 3.72. The first-order valence-corrected chi connectivity index (χ1v) is 7.23. The van der Waals surface area contributed by atoms with E-state index in [4.69, 9.17) is 25.9 Å². The predicted octanol–water partition coefficient (Wildman–Crippen LogP) is 2.78. The van der Waals surface area contributed by atoms with Crippen molar-refractivity contribution < 1.29 is 23.8 Å². The second kappa shape index (κ2) is 7.30. The van der Waals surface area contributed by atoms with Gasteiger partial charge in [-0.3, -0.25) is 4.79 Å². The van der Waals surface area contributed by atoms with Gasteiger partial charge in [0.25, 0.3) is 5.91 Å². The van der Waals surface area contributed by atoms with Crippen LogP contribution in [0.3, 0.4) is 0 Å². The van der Waals surface area contributed by atoms with Gasteiger partial charge in [-0.2, -0.15) is 0 Å². The topological polar surface area (TPSA) is 88.8 Å². The Labute approximate surface area is 137 Å². The first kappa shape index (κ1) is 17.1. The molecule has 2 N–H and O–H groups in total. The van der Waals surface area contributed by atoms with Crippen molar-refractivity contribution in [3.8, 4) is 0 Å². The standard InChI is InChI=1S/C16H16ClNO5/c1-3-7-22-8-12(16(20)21)18-15(19)13-9(2)10-5-4-6-11(17)14(10)23-13/h3-6,12H,1,7-8H2,2H3,(H,18,19)(H,20,21). The SMILES string of the molecule is C=CCOCC(NC(=O)c1oc2c(Cl)cccc2c1C)C(=O)O. The summed E-state index contributed by atoms with van der Waals surface area (Å²) in [7, 11) is 0. The van der Waals surface area contributed by atoms with E-state index in [1.54, 1.807) is 25.1 Å². The number of hydrogen-bond acceptors (Lipinski definition) is 4. The molecule has 0 radical (unpaired) electrons. The molecule has 0 fully saturated rings. The summed E-state index contributed by atoms with van der Waals surface area (Å²) in [5.74, 6) is -1.80. The minimum absolute atomic E-state index is 0.0306. The van der Waals surface area contributed by atoms with Crippen molar-refractivity contribution in [3.63, 3.8) is 0 Å². The molecule has 6 nitrogen and oxygen atoms in total. The fourth-order valence-corrected chi connectivity index (χ4v) is 2.31. The van der Waals surface area contributed by atoms with Gasteiger partial charge in [-0.1, -0.05) is 29.8 Å². The van der Waals surface area contributed by atoms with Crippen molar-refractivity contribution in [3.05, 3.63) is 47.2 Å². The summed E-state index contributed by atoms with van der Waals surface area (Å²) in [6, 6.07) is 3.99. The van der Waals surface area contributed by atoms with E-state index in [1.807, 2.05) is 0 Å². The molecule has 1 atom stereocenters. The molecule has 122 valence electrons. The smallest absolute Gasteiger partial charge is 0.328 e. The van der Waals surface area contributed by atoms with Crippen LogP contribution in [0, 0.1) is 6.92 Å². The van der Waals surface area contributed by atoms with Gasteiger partial charge in [-0.25, -0.2) is 4.79 Å². The summed E-state index contributed by atoms with van der Waals surface area (Å²) in [6.45, 7) is 5.20. The van der Waals surface area contributed by atoms with Gasteiger partial charge in [-0.05, 0) is 13.0 Å². The normalized spacial score (nSPS) is 12.1. The molecule has 2 aromatic rings. The van der Waals surface area contributed by atoms with Crippen LogP contribution in [0.4, 0.5) is 0 Å². The Balaban J connectivity index is 2.22. The predicted molar refractivity (Wildman–Crippen MR) is 85.9 cm³/mol. The highest BCUT2D eigenvalue weighted by Gasteiger charge is 2.25. The number of benzene rings is 1. The van der Waals surface area contributed by atoms with Gasteiger partial charge in [0.2, 0.25) is 0 Å². The number of ether oxygens (including phenoxy) is 1. The number of amides is 1. The molecule has 7 heteroatoms. The van der Waals surface area contributed by atoms with Crippen LogP contribution in [0.2, 0.25) is 5.02 Å². The van der Waals surface area contributed by atoms with E-state index in [0.29, 0.717) is 21.6 Å². The minimum Gasteiger partial charge on any atom is -0.480 e. The van der Waals surface area contributed by atoms with Crippen molar-refractivity contribution in [2.75, 3.05) is 13.2 Å². The molecular weight excluding hydrogens is 322 g/mol. The lowest BCUT2D eigenvalue weighted by Crippen LogP contribution is -2.44. The number of carbonyl (C=O) groups excluding carboxylic acids is 1. The van der Waals surface area contributed by atoms with Crippen molar-refractivity contribution in [1.29, 1.82) is 0 Å². The van der Waals surface area contributed by atoms with Crippen molar-refractivity contribution in [1.82, 2.24) is 5.32 Å². The van der Waals surface area contributed by atoms with E-state index in [9.17, 15) is 9.59 Å². The zero-order chi connectivity index (χ0) is 17.0. The van der Waals surface area contributed by atoms with Gasteiger partial charge in [0.1, 0.15) is 0 Å². The first-order chi connectivity index (χ1) is 11.0. The Morgan fingerprint density at radius 2 is 2.26 bits per heavy atom. The molecule has 1 amide bonds. The van der Waals surface area contributed by atoms with Crippen LogP contribution < -0.4 is 5.32 Å². The van der Waals surface area contributed by atoms with Crippen LogP contribution in [0.1, 0.15) is 16.1 Å². The summed E-state index contributed by atoms with van der Waals surface area (Å²) >= 11 is 6.04.